The summed E-state index contributed by atoms with van der Waals surface area (Å²) in [6.45, 7) is 3.63. The molecule has 1 atom stereocenters. The number of hydrogen-bond donors (Lipinski definition) is 3. The first kappa shape index (κ1) is 20.2. The normalized spacial score (nSPS) is 19.6. The van der Waals surface area contributed by atoms with E-state index in [2.05, 4.69) is 31.8 Å². The summed E-state index contributed by atoms with van der Waals surface area (Å²) < 4.78 is 12.8. The van der Waals surface area contributed by atoms with E-state index in [0.717, 1.165) is 16.8 Å². The van der Waals surface area contributed by atoms with Crippen molar-refractivity contribution >= 4 is 17.3 Å². The van der Waals surface area contributed by atoms with Crippen LogP contribution >= 0.6 is 0 Å². The van der Waals surface area contributed by atoms with Gasteiger partial charge in [0.05, 0.1) is 43.0 Å². The van der Waals surface area contributed by atoms with Gasteiger partial charge in [0.2, 0.25) is 11.8 Å². The van der Waals surface area contributed by atoms with Gasteiger partial charge in [-0.1, -0.05) is 6.92 Å². The number of ether oxygens (including phenoxy) is 2. The lowest BCUT2D eigenvalue weighted by Gasteiger charge is -2.26. The highest BCUT2D eigenvalue weighted by molar-refractivity contribution is 5.76. The Balaban J connectivity index is 1.47. The quantitative estimate of drug-likeness (QED) is 0.534. The molecule has 5 rings (SSSR count). The van der Waals surface area contributed by atoms with Crippen molar-refractivity contribution in [3.8, 4) is 23.2 Å². The lowest BCUT2D eigenvalue weighted by molar-refractivity contribution is -0.0823. The monoisotopic (exact) mass is 433 g/mol. The number of hydrogen-bond acceptors (Lipinski definition) is 9. The van der Waals surface area contributed by atoms with Crippen molar-refractivity contribution in [2.24, 2.45) is 7.05 Å². The fourth-order valence-electron chi connectivity index (χ4n) is 3.86. The molecule has 164 valence electrons. The highest BCUT2D eigenvalue weighted by atomic mass is 16.6. The van der Waals surface area contributed by atoms with Gasteiger partial charge in [0, 0.05) is 30.8 Å². The number of nitriles is 1. The van der Waals surface area contributed by atoms with Gasteiger partial charge >= 0.3 is 0 Å². The highest BCUT2D eigenvalue weighted by Gasteiger charge is 2.36. The van der Waals surface area contributed by atoms with Crippen LogP contribution in [-0.2, 0) is 17.2 Å². The molecular formula is C22H23N7O3. The summed E-state index contributed by atoms with van der Waals surface area (Å²) in [7, 11) is 1.80. The minimum atomic E-state index is -0.460. The summed E-state index contributed by atoms with van der Waals surface area (Å²) in [6, 6.07) is 7.82. The fraction of sp³-hybridized carbons (Fsp3) is 0.364. The molecule has 3 N–H and O–H groups in total. The number of aryl methyl sites for hydroxylation is 1. The number of fused-ring (bicyclic) bond motifs is 1. The number of anilines is 3. The van der Waals surface area contributed by atoms with Gasteiger partial charge in [-0.05, 0) is 23.8 Å². The van der Waals surface area contributed by atoms with Gasteiger partial charge in [0.15, 0.2) is 0 Å². The van der Waals surface area contributed by atoms with Crippen molar-refractivity contribution in [1.82, 2.24) is 19.7 Å². The number of nitrogens with zero attached hydrogens (tertiary/aromatic N) is 5. The zero-order chi connectivity index (χ0) is 22.3. The molecule has 32 heavy (non-hydrogen) atoms. The van der Waals surface area contributed by atoms with Crippen LogP contribution < -0.4 is 15.4 Å². The molecule has 0 spiro atoms. The molecule has 1 saturated heterocycles. The van der Waals surface area contributed by atoms with Crippen molar-refractivity contribution in [3.05, 3.63) is 41.7 Å². The molecule has 1 fully saturated rings. The lowest BCUT2D eigenvalue weighted by atomic mass is 9.83. The number of aromatic nitrogens is 4. The summed E-state index contributed by atoms with van der Waals surface area (Å²) in [5, 5.41) is 30.3. The van der Waals surface area contributed by atoms with E-state index in [-0.39, 0.29) is 12.7 Å². The Hall–Kier alpha value is -3.68. The molecule has 10 nitrogen and oxygen atoms in total. The maximum atomic E-state index is 9.93. The van der Waals surface area contributed by atoms with Crippen LogP contribution in [0, 0.1) is 11.3 Å². The van der Waals surface area contributed by atoms with Gasteiger partial charge in [-0.15, -0.1) is 0 Å². The second kappa shape index (κ2) is 7.78. The van der Waals surface area contributed by atoms with Crippen molar-refractivity contribution in [2.45, 2.75) is 18.4 Å². The average molecular weight is 433 g/mol. The largest absolute Gasteiger partial charge is 0.468 e. The third kappa shape index (κ3) is 3.41. The SMILES string of the molecule is Cn1ncc(Nc2nccc(-c3cc(C#N)c4c(c3)[C@@](C)(CO)CN4)n2)c1OC1COC1. The van der Waals surface area contributed by atoms with Crippen LogP contribution in [0.4, 0.5) is 17.3 Å². The number of aliphatic hydroxyl groups excluding tert-OH is 1. The van der Waals surface area contributed by atoms with E-state index in [1.807, 2.05) is 13.0 Å². The molecule has 0 unspecified atom stereocenters. The van der Waals surface area contributed by atoms with Crippen LogP contribution in [0.15, 0.2) is 30.6 Å². The smallest absolute Gasteiger partial charge is 0.236 e. The van der Waals surface area contributed by atoms with Crippen LogP contribution in [0.2, 0.25) is 0 Å². The minimum absolute atomic E-state index is 0.00321. The standard InChI is InChI=1S/C22H23N7O3/c1-22(12-30)11-25-19-14(7-23)5-13(6-16(19)22)17-3-4-24-21(27-17)28-18-8-26-29(2)20(18)32-15-9-31-10-15/h3-6,8,15,25,30H,9-12H2,1-2H3,(H,24,27,28)/t22-/m1/s1. The van der Waals surface area contributed by atoms with E-state index in [9.17, 15) is 10.4 Å². The van der Waals surface area contributed by atoms with Gasteiger partial charge in [0.25, 0.3) is 0 Å². The Labute approximate surface area is 184 Å². The Morgan fingerprint density at radius 2 is 2.28 bits per heavy atom. The first-order valence-corrected chi connectivity index (χ1v) is 10.3. The zero-order valence-corrected chi connectivity index (χ0v) is 17.8. The maximum Gasteiger partial charge on any atom is 0.236 e. The van der Waals surface area contributed by atoms with Gasteiger partial charge in [-0.2, -0.15) is 10.4 Å². The topological polar surface area (TPSA) is 130 Å². The van der Waals surface area contributed by atoms with E-state index >= 15 is 0 Å². The Kier molecular flexibility index (Phi) is 4.92. The second-order valence-electron chi connectivity index (χ2n) is 8.29. The van der Waals surface area contributed by atoms with E-state index in [0.29, 0.717) is 48.5 Å². The van der Waals surface area contributed by atoms with Gasteiger partial charge in [-0.3, -0.25) is 0 Å². The van der Waals surface area contributed by atoms with Gasteiger partial charge < -0.3 is 25.2 Å². The fourth-order valence-corrected chi connectivity index (χ4v) is 3.86. The zero-order valence-electron chi connectivity index (χ0n) is 17.8. The predicted molar refractivity (Wildman–Crippen MR) is 117 cm³/mol. The average Bonchev–Trinajstić information content (AvgIpc) is 3.30. The molecule has 0 bridgehead atoms. The van der Waals surface area contributed by atoms with Crippen molar-refractivity contribution in [3.63, 3.8) is 0 Å². The summed E-state index contributed by atoms with van der Waals surface area (Å²) in [6.07, 6.45) is 3.32. The van der Waals surface area contributed by atoms with E-state index in [4.69, 9.17) is 9.47 Å². The molecule has 0 saturated carbocycles. The molecule has 2 aromatic heterocycles. The molecular weight excluding hydrogens is 410 g/mol. The van der Waals surface area contributed by atoms with Gasteiger partial charge in [0.1, 0.15) is 17.9 Å². The number of aliphatic hydroxyl groups is 1. The first-order chi connectivity index (χ1) is 15.5. The molecule has 3 aromatic rings. The molecule has 4 heterocycles. The number of benzene rings is 1. The van der Waals surface area contributed by atoms with Crippen LogP contribution in [0.25, 0.3) is 11.3 Å². The number of rotatable bonds is 6. The summed E-state index contributed by atoms with van der Waals surface area (Å²) in [5.41, 5.74) is 3.84. The predicted octanol–water partition coefficient (Wildman–Crippen LogP) is 1.95. The minimum Gasteiger partial charge on any atom is -0.468 e. The van der Waals surface area contributed by atoms with Crippen molar-refractivity contribution in [1.29, 1.82) is 5.26 Å². The maximum absolute atomic E-state index is 9.93. The molecule has 10 heteroatoms. The molecule has 0 amide bonds. The third-order valence-corrected chi connectivity index (χ3v) is 5.88. The summed E-state index contributed by atoms with van der Waals surface area (Å²) >= 11 is 0. The summed E-state index contributed by atoms with van der Waals surface area (Å²) in [4.78, 5) is 8.97. The third-order valence-electron chi connectivity index (χ3n) is 5.88. The first-order valence-electron chi connectivity index (χ1n) is 10.3. The van der Waals surface area contributed by atoms with Crippen LogP contribution in [0.3, 0.4) is 0 Å². The highest BCUT2D eigenvalue weighted by Crippen LogP contribution is 2.41. The molecule has 1 aromatic carbocycles. The summed E-state index contributed by atoms with van der Waals surface area (Å²) in [5.74, 6) is 0.966. The van der Waals surface area contributed by atoms with Crippen LogP contribution in [0.1, 0.15) is 18.1 Å². The molecule has 0 aliphatic carbocycles. The van der Waals surface area contributed by atoms with Crippen molar-refractivity contribution < 1.29 is 14.6 Å². The number of nitrogens with one attached hydrogen (secondary N) is 2. The Morgan fingerprint density at radius 1 is 1.44 bits per heavy atom. The van der Waals surface area contributed by atoms with Crippen molar-refractivity contribution in [2.75, 3.05) is 37.0 Å². The van der Waals surface area contributed by atoms with Crippen LogP contribution in [0.5, 0.6) is 5.88 Å². The Bertz CT molecular complexity index is 1210. The van der Waals surface area contributed by atoms with Crippen LogP contribution in [-0.4, -0.2) is 57.3 Å². The lowest BCUT2D eigenvalue weighted by Crippen LogP contribution is -2.39. The second-order valence-corrected chi connectivity index (χ2v) is 8.29. The van der Waals surface area contributed by atoms with E-state index in [1.54, 1.807) is 36.3 Å². The molecule has 2 aliphatic rings. The van der Waals surface area contributed by atoms with E-state index in [1.165, 1.54) is 0 Å². The molecule has 2 aliphatic heterocycles. The molecule has 0 radical (unpaired) electrons. The Morgan fingerprint density at radius 3 is 3.00 bits per heavy atom. The van der Waals surface area contributed by atoms with E-state index < -0.39 is 5.41 Å². The van der Waals surface area contributed by atoms with Gasteiger partial charge in [-0.25, -0.2) is 14.6 Å².